The Balaban J connectivity index is 1.41. The minimum absolute atomic E-state index is 0.0664. The summed E-state index contributed by atoms with van der Waals surface area (Å²) in [5.41, 5.74) is 1.40. The van der Waals surface area contributed by atoms with Crippen LogP contribution < -0.4 is 16.0 Å². The molecule has 0 unspecified atom stereocenters. The normalized spacial score (nSPS) is 10.4. The summed E-state index contributed by atoms with van der Waals surface area (Å²) in [4.78, 5) is 41.6. The Bertz CT molecular complexity index is 1010. The van der Waals surface area contributed by atoms with Crippen molar-refractivity contribution in [2.24, 2.45) is 0 Å². The van der Waals surface area contributed by atoms with Crippen molar-refractivity contribution in [2.45, 2.75) is 26.3 Å². The van der Waals surface area contributed by atoms with E-state index in [1.165, 1.54) is 18.3 Å². The molecule has 3 aromatic rings. The van der Waals surface area contributed by atoms with Crippen molar-refractivity contribution in [1.82, 2.24) is 15.6 Å². The summed E-state index contributed by atoms with van der Waals surface area (Å²) in [7, 11) is 0. The third kappa shape index (κ3) is 6.50. The Labute approximate surface area is 182 Å². The van der Waals surface area contributed by atoms with Crippen LogP contribution in [0.25, 0.3) is 10.6 Å². The number of hydrogen-bond acceptors (Lipinski definition) is 6. The van der Waals surface area contributed by atoms with Crippen LogP contribution in [-0.2, 0) is 16.1 Å². The Hall–Kier alpha value is -3.04. The van der Waals surface area contributed by atoms with Gasteiger partial charge in [0, 0.05) is 35.7 Å². The number of aromatic nitrogens is 1. The van der Waals surface area contributed by atoms with Crippen molar-refractivity contribution in [3.8, 4) is 10.6 Å². The lowest BCUT2D eigenvalue weighted by Crippen LogP contribution is -2.25. The van der Waals surface area contributed by atoms with Crippen molar-refractivity contribution in [3.63, 3.8) is 0 Å². The van der Waals surface area contributed by atoms with Crippen LogP contribution in [0.2, 0.25) is 0 Å². The molecule has 2 heterocycles. The van der Waals surface area contributed by atoms with E-state index in [1.807, 2.05) is 35.7 Å². The maximum Gasteiger partial charge on any atom is 0.251 e. The van der Waals surface area contributed by atoms with Crippen molar-refractivity contribution >= 4 is 45.5 Å². The molecule has 0 atom stereocenters. The van der Waals surface area contributed by atoms with Crippen molar-refractivity contribution in [2.75, 3.05) is 11.9 Å². The number of carbonyl (C=O) groups is 3. The number of nitrogens with one attached hydrogen (secondary N) is 3. The van der Waals surface area contributed by atoms with Crippen LogP contribution in [0.3, 0.4) is 0 Å². The molecule has 0 fully saturated rings. The van der Waals surface area contributed by atoms with E-state index in [0.29, 0.717) is 36.6 Å². The molecular formula is C21H22N4O3S2. The Morgan fingerprint density at radius 3 is 2.60 bits per heavy atom. The first-order valence-corrected chi connectivity index (χ1v) is 11.1. The maximum atomic E-state index is 12.1. The monoisotopic (exact) mass is 442 g/mol. The summed E-state index contributed by atoms with van der Waals surface area (Å²) in [5.74, 6) is -0.347. The fourth-order valence-corrected chi connectivity index (χ4v) is 4.30. The molecule has 3 rings (SSSR count). The van der Waals surface area contributed by atoms with Crippen LogP contribution in [0.4, 0.5) is 5.13 Å². The van der Waals surface area contributed by atoms with Crippen molar-refractivity contribution in [1.29, 1.82) is 0 Å². The van der Waals surface area contributed by atoms with E-state index in [-0.39, 0.29) is 17.7 Å². The third-order valence-corrected chi connectivity index (χ3v) is 5.94. The molecule has 7 nitrogen and oxygen atoms in total. The number of nitrogens with zero attached hydrogens (tertiary/aromatic N) is 1. The second kappa shape index (κ2) is 10.7. The highest BCUT2D eigenvalue weighted by Crippen LogP contribution is 2.30. The maximum absolute atomic E-state index is 12.1. The lowest BCUT2D eigenvalue weighted by atomic mass is 10.2. The highest BCUT2D eigenvalue weighted by atomic mass is 32.1. The van der Waals surface area contributed by atoms with Crippen LogP contribution in [-0.4, -0.2) is 29.3 Å². The standard InChI is InChI=1S/C21H22N4O3S2/c1-14(26)23-12-16-9-10-18(30-16)17-13-29-21(24-17)25-19(27)8-5-11-22-20(28)15-6-3-2-4-7-15/h2-4,6-7,9-10,13H,5,8,11-12H2,1H3,(H,22,28)(H,23,26)(H,24,25,27). The van der Waals surface area contributed by atoms with E-state index in [4.69, 9.17) is 0 Å². The molecular weight excluding hydrogens is 420 g/mol. The average Bonchev–Trinajstić information content (AvgIpc) is 3.39. The van der Waals surface area contributed by atoms with Gasteiger partial charge in [-0.2, -0.15) is 0 Å². The third-order valence-electron chi connectivity index (χ3n) is 4.08. The van der Waals surface area contributed by atoms with Gasteiger partial charge in [0.1, 0.15) is 0 Å². The predicted octanol–water partition coefficient (Wildman–Crippen LogP) is 3.66. The molecule has 156 valence electrons. The first kappa shape index (κ1) is 21.7. The molecule has 1 aromatic carbocycles. The second-order valence-corrected chi connectivity index (χ2v) is 8.51. The van der Waals surface area contributed by atoms with Crippen LogP contribution in [0, 0.1) is 0 Å². The van der Waals surface area contributed by atoms with Gasteiger partial charge in [-0.05, 0) is 30.7 Å². The van der Waals surface area contributed by atoms with Crippen LogP contribution >= 0.6 is 22.7 Å². The molecule has 30 heavy (non-hydrogen) atoms. The molecule has 2 aromatic heterocycles. The molecule has 0 spiro atoms. The molecule has 0 radical (unpaired) electrons. The number of rotatable bonds is 9. The second-order valence-electron chi connectivity index (χ2n) is 6.49. The van der Waals surface area contributed by atoms with Crippen LogP contribution in [0.5, 0.6) is 0 Å². The molecule has 0 aliphatic carbocycles. The molecule has 0 saturated heterocycles. The van der Waals surface area contributed by atoms with Crippen molar-refractivity contribution in [3.05, 3.63) is 58.3 Å². The molecule has 0 aliphatic rings. The largest absolute Gasteiger partial charge is 0.352 e. The SMILES string of the molecule is CC(=O)NCc1ccc(-c2csc(NC(=O)CCCNC(=O)c3ccccc3)n2)s1. The molecule has 0 aliphatic heterocycles. The number of amides is 3. The zero-order chi connectivity index (χ0) is 21.3. The minimum Gasteiger partial charge on any atom is -0.352 e. The van der Waals surface area contributed by atoms with E-state index in [9.17, 15) is 14.4 Å². The van der Waals surface area contributed by atoms with Gasteiger partial charge in [0.15, 0.2) is 5.13 Å². The highest BCUT2D eigenvalue weighted by molar-refractivity contribution is 7.17. The van der Waals surface area contributed by atoms with Crippen molar-refractivity contribution < 1.29 is 14.4 Å². The summed E-state index contributed by atoms with van der Waals surface area (Å²) in [6.07, 6.45) is 0.837. The number of thiophene rings is 1. The van der Waals surface area contributed by atoms with E-state index in [1.54, 1.807) is 23.5 Å². The molecule has 0 bridgehead atoms. The Morgan fingerprint density at radius 1 is 1.03 bits per heavy atom. The Morgan fingerprint density at radius 2 is 1.83 bits per heavy atom. The highest BCUT2D eigenvalue weighted by Gasteiger charge is 2.11. The Kier molecular flexibility index (Phi) is 7.69. The first-order valence-electron chi connectivity index (χ1n) is 9.43. The van der Waals surface area contributed by atoms with Gasteiger partial charge in [-0.1, -0.05) is 18.2 Å². The number of carbonyl (C=O) groups excluding carboxylic acids is 3. The molecule has 3 N–H and O–H groups in total. The van der Waals surface area contributed by atoms with Gasteiger partial charge in [0.2, 0.25) is 11.8 Å². The smallest absolute Gasteiger partial charge is 0.251 e. The van der Waals surface area contributed by atoms with Gasteiger partial charge in [-0.15, -0.1) is 22.7 Å². The lowest BCUT2D eigenvalue weighted by molar-refractivity contribution is -0.119. The van der Waals surface area contributed by atoms with E-state index >= 15 is 0 Å². The minimum atomic E-state index is -0.144. The zero-order valence-electron chi connectivity index (χ0n) is 16.4. The van der Waals surface area contributed by atoms with E-state index < -0.39 is 0 Å². The van der Waals surface area contributed by atoms with Crippen LogP contribution in [0.1, 0.15) is 35.0 Å². The fraction of sp³-hybridized carbons (Fsp3) is 0.238. The lowest BCUT2D eigenvalue weighted by Gasteiger charge is -2.05. The van der Waals surface area contributed by atoms with Gasteiger partial charge in [-0.25, -0.2) is 4.98 Å². The van der Waals surface area contributed by atoms with Gasteiger partial charge < -0.3 is 16.0 Å². The van der Waals surface area contributed by atoms with Gasteiger partial charge in [-0.3, -0.25) is 14.4 Å². The number of hydrogen-bond donors (Lipinski definition) is 3. The summed E-state index contributed by atoms with van der Waals surface area (Å²) in [6, 6.07) is 12.9. The van der Waals surface area contributed by atoms with E-state index in [2.05, 4.69) is 20.9 Å². The summed E-state index contributed by atoms with van der Waals surface area (Å²) in [5, 5.41) is 10.8. The topological polar surface area (TPSA) is 100 Å². The number of anilines is 1. The number of benzene rings is 1. The predicted molar refractivity (Wildman–Crippen MR) is 120 cm³/mol. The number of thiazole rings is 1. The molecule has 3 amide bonds. The zero-order valence-corrected chi connectivity index (χ0v) is 18.1. The quantitative estimate of drug-likeness (QED) is 0.440. The first-order chi connectivity index (χ1) is 14.5. The molecule has 9 heteroatoms. The van der Waals surface area contributed by atoms with Crippen LogP contribution in [0.15, 0.2) is 47.8 Å². The van der Waals surface area contributed by atoms with Gasteiger partial charge in [0.25, 0.3) is 5.91 Å². The van der Waals surface area contributed by atoms with Gasteiger partial charge >= 0.3 is 0 Å². The van der Waals surface area contributed by atoms with E-state index in [0.717, 1.165) is 15.4 Å². The summed E-state index contributed by atoms with van der Waals surface area (Å²) in [6.45, 7) is 2.41. The molecule has 0 saturated carbocycles. The summed E-state index contributed by atoms with van der Waals surface area (Å²) < 4.78 is 0. The van der Waals surface area contributed by atoms with Gasteiger partial charge in [0.05, 0.1) is 17.1 Å². The average molecular weight is 443 g/mol. The fourth-order valence-electron chi connectivity index (χ4n) is 2.59. The summed E-state index contributed by atoms with van der Waals surface area (Å²) >= 11 is 2.92.